The monoisotopic (exact) mass is 272 g/mol. The Labute approximate surface area is 117 Å². The van der Waals surface area contributed by atoms with E-state index in [2.05, 4.69) is 11.4 Å². The van der Waals surface area contributed by atoms with Crippen molar-refractivity contribution in [3.8, 4) is 12.1 Å². The van der Waals surface area contributed by atoms with E-state index in [1.807, 2.05) is 13.8 Å². The molecule has 1 aromatic rings. The van der Waals surface area contributed by atoms with Gasteiger partial charge < -0.3 is 9.88 Å². The highest BCUT2D eigenvalue weighted by Crippen LogP contribution is 2.14. The van der Waals surface area contributed by atoms with Gasteiger partial charge in [-0.25, -0.2) is 0 Å². The predicted octanol–water partition coefficient (Wildman–Crippen LogP) is 0.774. The maximum Gasteiger partial charge on any atom is 0.268 e. The van der Waals surface area contributed by atoms with Crippen LogP contribution in [0.15, 0.2) is 23.1 Å². The minimum atomic E-state index is -0.993. The minimum absolute atomic E-state index is 0.0211. The number of nitrogens with zero attached hydrogens (tertiary/aromatic N) is 3. The Kier molecular flexibility index (Phi) is 4.66. The second-order valence-electron chi connectivity index (χ2n) is 4.98. The molecule has 0 saturated carbocycles. The molecule has 0 radical (unpaired) electrons. The third-order valence-electron chi connectivity index (χ3n) is 3.24. The Morgan fingerprint density at radius 3 is 2.65 bits per heavy atom. The summed E-state index contributed by atoms with van der Waals surface area (Å²) in [5, 5.41) is 20.5. The van der Waals surface area contributed by atoms with Crippen molar-refractivity contribution in [3.63, 3.8) is 0 Å². The lowest BCUT2D eigenvalue weighted by atomic mass is 9.90. The smallest absolute Gasteiger partial charge is 0.268 e. The van der Waals surface area contributed by atoms with Crippen molar-refractivity contribution in [1.29, 1.82) is 10.5 Å². The van der Waals surface area contributed by atoms with Crippen molar-refractivity contribution < 1.29 is 4.79 Å². The number of rotatable bonds is 4. The van der Waals surface area contributed by atoms with Crippen LogP contribution in [0.3, 0.4) is 0 Å². The van der Waals surface area contributed by atoms with E-state index in [0.29, 0.717) is 0 Å². The zero-order valence-electron chi connectivity index (χ0n) is 11.7. The number of pyridine rings is 1. The molecule has 6 heteroatoms. The molecule has 1 rings (SSSR count). The van der Waals surface area contributed by atoms with Crippen LogP contribution in [0.1, 0.15) is 26.3 Å². The van der Waals surface area contributed by atoms with Crippen molar-refractivity contribution in [2.24, 2.45) is 5.92 Å². The molecule has 1 aromatic heterocycles. The average Bonchev–Trinajstić information content (AvgIpc) is 2.40. The van der Waals surface area contributed by atoms with E-state index in [0.717, 1.165) is 4.57 Å². The van der Waals surface area contributed by atoms with Gasteiger partial charge in [-0.3, -0.25) is 9.59 Å². The Balaban J connectivity index is 2.92. The molecule has 0 spiro atoms. The van der Waals surface area contributed by atoms with E-state index in [-0.39, 0.29) is 18.0 Å². The fourth-order valence-corrected chi connectivity index (χ4v) is 1.53. The van der Waals surface area contributed by atoms with Crippen LogP contribution in [0.5, 0.6) is 0 Å². The van der Waals surface area contributed by atoms with Crippen molar-refractivity contribution in [2.75, 3.05) is 0 Å². The molecule has 1 atom stereocenters. The van der Waals surface area contributed by atoms with Gasteiger partial charge in [-0.1, -0.05) is 13.8 Å². The number of carbonyl (C=O) groups is 1. The lowest BCUT2D eigenvalue weighted by Gasteiger charge is -2.27. The fraction of sp³-hybridized carbons (Fsp3) is 0.429. The van der Waals surface area contributed by atoms with Gasteiger partial charge in [-0.15, -0.1) is 0 Å². The topological polar surface area (TPSA) is 98.7 Å². The molecule has 0 aromatic carbocycles. The molecule has 20 heavy (non-hydrogen) atoms. The van der Waals surface area contributed by atoms with Crippen LogP contribution in [0.2, 0.25) is 0 Å². The Morgan fingerprint density at radius 2 is 2.15 bits per heavy atom. The van der Waals surface area contributed by atoms with E-state index < -0.39 is 17.0 Å². The highest BCUT2D eigenvalue weighted by Gasteiger charge is 2.29. The molecule has 1 amide bonds. The first-order valence-corrected chi connectivity index (χ1v) is 6.16. The molecular weight excluding hydrogens is 256 g/mol. The van der Waals surface area contributed by atoms with E-state index in [1.165, 1.54) is 18.3 Å². The van der Waals surface area contributed by atoms with Crippen molar-refractivity contribution in [3.05, 3.63) is 34.2 Å². The molecule has 0 saturated heterocycles. The normalized spacial score (nSPS) is 13.1. The molecular formula is C14H16N4O2. The van der Waals surface area contributed by atoms with Gasteiger partial charge in [0.25, 0.3) is 5.56 Å². The highest BCUT2D eigenvalue weighted by atomic mass is 16.2. The van der Waals surface area contributed by atoms with Gasteiger partial charge in [-0.05, 0) is 25.0 Å². The molecule has 0 bridgehead atoms. The number of hydrogen-bond acceptors (Lipinski definition) is 4. The number of aromatic nitrogens is 1. The lowest BCUT2D eigenvalue weighted by Crippen LogP contribution is -2.50. The second kappa shape index (κ2) is 6.03. The van der Waals surface area contributed by atoms with E-state index >= 15 is 0 Å². The number of amides is 1. The molecule has 0 aliphatic carbocycles. The van der Waals surface area contributed by atoms with Crippen molar-refractivity contribution in [1.82, 2.24) is 9.88 Å². The summed E-state index contributed by atoms with van der Waals surface area (Å²) in [7, 11) is 0. The summed E-state index contributed by atoms with van der Waals surface area (Å²) < 4.78 is 1.14. The van der Waals surface area contributed by atoms with Crippen molar-refractivity contribution in [2.45, 2.75) is 32.9 Å². The molecule has 1 unspecified atom stereocenters. The molecule has 0 fully saturated rings. The van der Waals surface area contributed by atoms with Crippen LogP contribution in [0.4, 0.5) is 0 Å². The first kappa shape index (κ1) is 15.5. The Hall–Kier alpha value is -2.60. The fourth-order valence-electron chi connectivity index (χ4n) is 1.53. The van der Waals surface area contributed by atoms with Gasteiger partial charge in [0.15, 0.2) is 0 Å². The maximum atomic E-state index is 11.9. The van der Waals surface area contributed by atoms with E-state index in [9.17, 15) is 9.59 Å². The number of nitriles is 2. The quantitative estimate of drug-likeness (QED) is 0.875. The second-order valence-corrected chi connectivity index (χ2v) is 4.98. The zero-order chi connectivity index (χ0) is 15.3. The Bertz CT molecular complexity index is 648. The standard InChI is InChI=1S/C14H16N4O2/c1-10(2)14(3,9-16)17-12(19)8-18-6-4-5-11(7-15)13(18)20/h4-6,10H,8H2,1-3H3,(H,17,19). The summed E-state index contributed by atoms with van der Waals surface area (Å²) in [6.45, 7) is 5.06. The van der Waals surface area contributed by atoms with Gasteiger partial charge in [0.1, 0.15) is 23.7 Å². The summed E-state index contributed by atoms with van der Waals surface area (Å²) in [4.78, 5) is 23.7. The average molecular weight is 272 g/mol. The summed E-state index contributed by atoms with van der Waals surface area (Å²) in [6.07, 6.45) is 1.43. The first-order valence-electron chi connectivity index (χ1n) is 6.16. The van der Waals surface area contributed by atoms with Gasteiger partial charge in [0, 0.05) is 6.20 Å². The highest BCUT2D eigenvalue weighted by molar-refractivity contribution is 5.77. The first-order chi connectivity index (χ1) is 9.34. The third kappa shape index (κ3) is 3.24. The summed E-state index contributed by atoms with van der Waals surface area (Å²) >= 11 is 0. The van der Waals surface area contributed by atoms with Gasteiger partial charge >= 0.3 is 0 Å². The van der Waals surface area contributed by atoms with Crippen LogP contribution in [-0.2, 0) is 11.3 Å². The van der Waals surface area contributed by atoms with Gasteiger partial charge in [0.2, 0.25) is 5.91 Å². The Morgan fingerprint density at radius 1 is 1.50 bits per heavy atom. The summed E-state index contributed by atoms with van der Waals surface area (Å²) in [5.74, 6) is -0.515. The van der Waals surface area contributed by atoms with Crippen LogP contribution in [-0.4, -0.2) is 16.0 Å². The lowest BCUT2D eigenvalue weighted by molar-refractivity contribution is -0.123. The molecule has 6 nitrogen and oxygen atoms in total. The van der Waals surface area contributed by atoms with Crippen LogP contribution in [0, 0.1) is 28.6 Å². The third-order valence-corrected chi connectivity index (χ3v) is 3.24. The molecule has 104 valence electrons. The summed E-state index contributed by atoms with van der Waals surface area (Å²) in [6, 6.07) is 6.75. The largest absolute Gasteiger partial charge is 0.336 e. The molecule has 1 heterocycles. The number of hydrogen-bond donors (Lipinski definition) is 1. The molecule has 0 aliphatic rings. The molecule has 1 N–H and O–H groups in total. The SMILES string of the molecule is CC(C)C(C)(C#N)NC(=O)Cn1cccc(C#N)c1=O. The van der Waals surface area contributed by atoms with Crippen molar-refractivity contribution >= 4 is 5.91 Å². The maximum absolute atomic E-state index is 11.9. The molecule has 0 aliphatic heterocycles. The van der Waals surface area contributed by atoms with Crippen LogP contribution < -0.4 is 10.9 Å². The van der Waals surface area contributed by atoms with Crippen LogP contribution >= 0.6 is 0 Å². The van der Waals surface area contributed by atoms with Gasteiger partial charge in [0.05, 0.1) is 6.07 Å². The number of nitrogens with one attached hydrogen (secondary N) is 1. The minimum Gasteiger partial charge on any atom is -0.336 e. The predicted molar refractivity (Wildman–Crippen MR) is 72.4 cm³/mol. The zero-order valence-corrected chi connectivity index (χ0v) is 11.7. The van der Waals surface area contributed by atoms with Gasteiger partial charge in [-0.2, -0.15) is 10.5 Å². The van der Waals surface area contributed by atoms with E-state index in [4.69, 9.17) is 10.5 Å². The van der Waals surface area contributed by atoms with Crippen LogP contribution in [0.25, 0.3) is 0 Å². The van der Waals surface area contributed by atoms with E-state index in [1.54, 1.807) is 13.0 Å². The number of carbonyl (C=O) groups excluding carboxylic acids is 1. The summed E-state index contributed by atoms with van der Waals surface area (Å²) in [5.41, 5.74) is -1.53.